The zero-order valence-corrected chi connectivity index (χ0v) is 7.92. The normalized spacial score (nSPS) is 11.0. The highest BCUT2D eigenvalue weighted by atomic mass is 16.5. The molecule has 0 radical (unpaired) electrons. The summed E-state index contributed by atoms with van der Waals surface area (Å²) in [5.74, 6) is 1.95. The minimum absolute atomic E-state index is 0.467. The number of hydrogen-bond donors (Lipinski definition) is 1. The largest absolute Gasteiger partial charge is 0.381 e. The lowest BCUT2D eigenvalue weighted by Gasteiger charge is -2.07. The van der Waals surface area contributed by atoms with Gasteiger partial charge in [0.25, 0.3) is 0 Å². The van der Waals surface area contributed by atoms with E-state index in [0.29, 0.717) is 11.7 Å². The van der Waals surface area contributed by atoms with Crippen LogP contribution in [-0.2, 0) is 0 Å². The summed E-state index contributed by atoms with van der Waals surface area (Å²) in [5.41, 5.74) is 6.59. The first-order valence-electron chi connectivity index (χ1n) is 4.42. The topological polar surface area (TPSA) is 52.0 Å². The van der Waals surface area contributed by atoms with Crippen LogP contribution in [-0.4, -0.2) is 5.16 Å². The Morgan fingerprint density at radius 3 is 2.33 bits per heavy atom. The Morgan fingerprint density at radius 2 is 2.00 bits per heavy atom. The smallest absolute Gasteiger partial charge is 0.170 e. The van der Waals surface area contributed by atoms with Crippen LogP contribution in [0.15, 0.2) is 4.52 Å². The maximum atomic E-state index is 5.58. The Bertz CT molecular complexity index is 251. The molecule has 0 aliphatic rings. The van der Waals surface area contributed by atoms with E-state index in [2.05, 4.69) is 19.0 Å². The van der Waals surface area contributed by atoms with Crippen molar-refractivity contribution in [2.45, 2.75) is 39.5 Å². The van der Waals surface area contributed by atoms with Gasteiger partial charge in [0.1, 0.15) is 5.76 Å². The molecule has 0 atom stereocenters. The van der Waals surface area contributed by atoms with Gasteiger partial charge in [-0.1, -0.05) is 19.0 Å². The fourth-order valence-electron chi connectivity index (χ4n) is 1.40. The van der Waals surface area contributed by atoms with Crippen molar-refractivity contribution in [2.24, 2.45) is 0 Å². The van der Waals surface area contributed by atoms with E-state index in [1.807, 2.05) is 6.92 Å². The summed E-state index contributed by atoms with van der Waals surface area (Å²) in [4.78, 5) is 0. The van der Waals surface area contributed by atoms with Gasteiger partial charge >= 0.3 is 0 Å². The number of anilines is 1. The molecule has 3 heteroatoms. The van der Waals surface area contributed by atoms with Crippen molar-refractivity contribution in [2.75, 3.05) is 5.73 Å². The molecule has 1 heterocycles. The zero-order valence-electron chi connectivity index (χ0n) is 7.92. The van der Waals surface area contributed by atoms with Crippen LogP contribution in [0.4, 0.5) is 5.82 Å². The molecule has 0 aliphatic carbocycles. The minimum atomic E-state index is 0.467. The van der Waals surface area contributed by atoms with Crippen molar-refractivity contribution in [1.29, 1.82) is 0 Å². The fourth-order valence-corrected chi connectivity index (χ4v) is 1.40. The van der Waals surface area contributed by atoms with Crippen molar-refractivity contribution in [3.63, 3.8) is 0 Å². The van der Waals surface area contributed by atoms with Gasteiger partial charge in [-0.3, -0.25) is 0 Å². The Balaban J connectivity index is 2.93. The molecule has 0 spiro atoms. The predicted octanol–water partition coefficient (Wildman–Crippen LogP) is 2.47. The fraction of sp³-hybridized carbons (Fsp3) is 0.667. The third-order valence-corrected chi connectivity index (χ3v) is 2.35. The summed E-state index contributed by atoms with van der Waals surface area (Å²) in [7, 11) is 0. The minimum Gasteiger partial charge on any atom is -0.381 e. The molecule has 0 aromatic carbocycles. The van der Waals surface area contributed by atoms with Crippen LogP contribution >= 0.6 is 0 Å². The molecule has 0 unspecified atom stereocenters. The molecule has 0 saturated carbocycles. The van der Waals surface area contributed by atoms with Gasteiger partial charge in [-0.2, -0.15) is 0 Å². The molecule has 0 saturated heterocycles. The van der Waals surface area contributed by atoms with E-state index in [9.17, 15) is 0 Å². The number of nitrogens with zero attached hydrogens (tertiary/aromatic N) is 1. The molecule has 3 nitrogen and oxygen atoms in total. The molecule has 1 aromatic rings. The van der Waals surface area contributed by atoms with E-state index in [1.165, 1.54) is 0 Å². The second-order valence-electron chi connectivity index (χ2n) is 3.07. The van der Waals surface area contributed by atoms with Gasteiger partial charge < -0.3 is 10.3 Å². The van der Waals surface area contributed by atoms with Crippen LogP contribution in [0.25, 0.3) is 0 Å². The van der Waals surface area contributed by atoms with Crippen LogP contribution in [0.2, 0.25) is 0 Å². The highest BCUT2D eigenvalue weighted by Gasteiger charge is 2.16. The van der Waals surface area contributed by atoms with Gasteiger partial charge in [0, 0.05) is 11.5 Å². The van der Waals surface area contributed by atoms with Crippen LogP contribution in [0.3, 0.4) is 0 Å². The zero-order chi connectivity index (χ0) is 9.14. The molecule has 0 bridgehead atoms. The maximum Gasteiger partial charge on any atom is 0.170 e. The average Bonchev–Trinajstić information content (AvgIpc) is 2.38. The first-order valence-corrected chi connectivity index (χ1v) is 4.42. The van der Waals surface area contributed by atoms with E-state index >= 15 is 0 Å². The molecule has 0 amide bonds. The van der Waals surface area contributed by atoms with Gasteiger partial charge in [0.2, 0.25) is 0 Å². The quantitative estimate of drug-likeness (QED) is 0.754. The van der Waals surface area contributed by atoms with Crippen molar-refractivity contribution in [3.05, 3.63) is 11.3 Å². The Hall–Kier alpha value is -0.990. The molecule has 1 rings (SSSR count). The van der Waals surface area contributed by atoms with Crippen molar-refractivity contribution >= 4 is 5.82 Å². The van der Waals surface area contributed by atoms with Gasteiger partial charge in [-0.25, -0.2) is 0 Å². The number of aromatic nitrogens is 1. The number of hydrogen-bond acceptors (Lipinski definition) is 3. The highest BCUT2D eigenvalue weighted by Crippen LogP contribution is 2.28. The lowest BCUT2D eigenvalue weighted by atomic mass is 9.98. The monoisotopic (exact) mass is 168 g/mol. The summed E-state index contributed by atoms with van der Waals surface area (Å²) in [6.07, 6.45) is 2.15. The highest BCUT2D eigenvalue weighted by molar-refractivity contribution is 5.40. The van der Waals surface area contributed by atoms with Crippen molar-refractivity contribution in [1.82, 2.24) is 5.16 Å². The van der Waals surface area contributed by atoms with E-state index in [1.54, 1.807) is 0 Å². The maximum absolute atomic E-state index is 5.58. The number of rotatable bonds is 3. The molecule has 12 heavy (non-hydrogen) atoms. The van der Waals surface area contributed by atoms with Crippen LogP contribution < -0.4 is 5.73 Å². The predicted molar refractivity (Wildman–Crippen MR) is 49.0 cm³/mol. The Morgan fingerprint density at radius 1 is 1.42 bits per heavy atom. The second kappa shape index (κ2) is 3.61. The molecule has 68 valence electrons. The van der Waals surface area contributed by atoms with Crippen LogP contribution in [0.5, 0.6) is 0 Å². The lowest BCUT2D eigenvalue weighted by Crippen LogP contribution is -1.96. The standard InChI is InChI=1S/C9H16N2O/c1-4-7(5-2)8-6(3)9(10)11-12-8/h7H,4-5H2,1-3H3,(H2,10,11). The summed E-state index contributed by atoms with van der Waals surface area (Å²) in [6, 6.07) is 0. The molecular formula is C9H16N2O. The van der Waals surface area contributed by atoms with E-state index in [-0.39, 0.29) is 0 Å². The SMILES string of the molecule is CCC(CC)c1onc(N)c1C. The average molecular weight is 168 g/mol. The molecule has 0 aliphatic heterocycles. The summed E-state index contributed by atoms with van der Waals surface area (Å²) in [5, 5.41) is 3.74. The summed E-state index contributed by atoms with van der Waals surface area (Å²) in [6.45, 7) is 6.25. The summed E-state index contributed by atoms with van der Waals surface area (Å²) >= 11 is 0. The van der Waals surface area contributed by atoms with Crippen LogP contribution in [0, 0.1) is 6.92 Å². The summed E-state index contributed by atoms with van der Waals surface area (Å²) < 4.78 is 5.16. The Labute approximate surface area is 72.9 Å². The van der Waals surface area contributed by atoms with Gasteiger partial charge in [0.15, 0.2) is 5.82 Å². The third-order valence-electron chi connectivity index (χ3n) is 2.35. The second-order valence-corrected chi connectivity index (χ2v) is 3.07. The lowest BCUT2D eigenvalue weighted by molar-refractivity contribution is 0.353. The van der Waals surface area contributed by atoms with Gasteiger partial charge in [-0.05, 0) is 19.8 Å². The van der Waals surface area contributed by atoms with Crippen LogP contribution in [0.1, 0.15) is 43.9 Å². The molecule has 1 aromatic heterocycles. The van der Waals surface area contributed by atoms with Crippen molar-refractivity contribution in [3.8, 4) is 0 Å². The van der Waals surface area contributed by atoms with Gasteiger partial charge in [0.05, 0.1) is 0 Å². The molecule has 2 N–H and O–H groups in total. The van der Waals surface area contributed by atoms with E-state index < -0.39 is 0 Å². The molecule has 0 fully saturated rings. The number of nitrogens with two attached hydrogens (primary N) is 1. The van der Waals surface area contributed by atoms with E-state index in [4.69, 9.17) is 10.3 Å². The van der Waals surface area contributed by atoms with Gasteiger partial charge in [-0.15, -0.1) is 0 Å². The van der Waals surface area contributed by atoms with E-state index in [0.717, 1.165) is 24.2 Å². The first-order chi connectivity index (χ1) is 5.70. The Kier molecular flexibility index (Phi) is 2.74. The third kappa shape index (κ3) is 1.44. The molecular weight excluding hydrogens is 152 g/mol. The number of nitrogen functional groups attached to an aromatic ring is 1. The first kappa shape index (κ1) is 9.10. The van der Waals surface area contributed by atoms with Crippen molar-refractivity contribution < 1.29 is 4.52 Å².